The highest BCUT2D eigenvalue weighted by Gasteiger charge is 2.34. The summed E-state index contributed by atoms with van der Waals surface area (Å²) in [6.45, 7) is 5.52. The maximum absolute atomic E-state index is 12.9. The Balaban J connectivity index is 2.16. The number of nitrogens with zero attached hydrogens (tertiary/aromatic N) is 1. The van der Waals surface area contributed by atoms with Gasteiger partial charge in [-0.05, 0) is 51.8 Å². The van der Waals surface area contributed by atoms with Crippen LogP contribution in [0.1, 0.15) is 39.2 Å². The van der Waals surface area contributed by atoms with Gasteiger partial charge in [-0.2, -0.15) is 13.2 Å². The molecule has 158 valence electrons. The number of alkyl halides is 3. The number of ether oxygens (including phenoxy) is 1. The monoisotopic (exact) mass is 424 g/mol. The van der Waals surface area contributed by atoms with Crippen LogP contribution < -0.4 is 4.72 Å². The Hall–Kier alpha value is -2.01. The van der Waals surface area contributed by atoms with Gasteiger partial charge >= 0.3 is 12.3 Å². The smallest absolute Gasteiger partial charge is 0.416 e. The zero-order chi connectivity index (χ0) is 21.3. The molecule has 0 bridgehead atoms. The lowest BCUT2D eigenvalue weighted by atomic mass is 10.1. The number of carbonyl (C=O) groups is 1. The van der Waals surface area contributed by atoms with Crippen molar-refractivity contribution in [3.63, 3.8) is 0 Å². The van der Waals surface area contributed by atoms with Crippen LogP contribution in [0.25, 0.3) is 0 Å². The predicted octanol–water partition coefficient (Wildman–Crippen LogP) is 3.09. The minimum atomic E-state index is -4.80. The number of likely N-dealkylation sites (tertiary alicyclic amines) is 1. The quantitative estimate of drug-likeness (QED) is 0.778. The second-order valence-electron chi connectivity index (χ2n) is 7.60. The zero-order valence-corrected chi connectivity index (χ0v) is 16.5. The lowest BCUT2D eigenvalue weighted by Crippen LogP contribution is -2.50. The highest BCUT2D eigenvalue weighted by Crippen LogP contribution is 2.33. The third-order valence-electron chi connectivity index (χ3n) is 3.92. The van der Waals surface area contributed by atoms with Gasteiger partial charge in [0.1, 0.15) is 11.4 Å². The number of rotatable bonds is 3. The molecular weight excluding hydrogens is 401 g/mol. The SMILES string of the molecule is CC(C)(C)OC(=O)N1CCC[C@H](NS(=O)(=O)c2cc(O)cc(C(F)(F)F)c2)C1. The van der Waals surface area contributed by atoms with Crippen LogP contribution in [0.4, 0.5) is 18.0 Å². The number of aromatic hydroxyl groups is 1. The van der Waals surface area contributed by atoms with Gasteiger partial charge in [0.2, 0.25) is 10.0 Å². The van der Waals surface area contributed by atoms with E-state index in [1.165, 1.54) is 4.90 Å². The van der Waals surface area contributed by atoms with Crippen molar-refractivity contribution in [3.8, 4) is 5.75 Å². The third-order valence-corrected chi connectivity index (χ3v) is 5.42. The summed E-state index contributed by atoms with van der Waals surface area (Å²) in [6.07, 6.45) is -4.49. The van der Waals surface area contributed by atoms with Crippen molar-refractivity contribution >= 4 is 16.1 Å². The standard InChI is InChI=1S/C17H23F3N2O5S/c1-16(2,3)27-15(24)22-6-4-5-12(10-22)21-28(25,26)14-8-11(17(18,19)20)7-13(23)9-14/h7-9,12,21,23H,4-6,10H2,1-3H3/t12-/m0/s1. The van der Waals surface area contributed by atoms with E-state index in [-0.39, 0.29) is 6.54 Å². The van der Waals surface area contributed by atoms with Crippen molar-refractivity contribution in [2.75, 3.05) is 13.1 Å². The Morgan fingerprint density at radius 3 is 2.46 bits per heavy atom. The van der Waals surface area contributed by atoms with Gasteiger partial charge in [-0.1, -0.05) is 0 Å². The molecule has 1 aromatic carbocycles. The fourth-order valence-electron chi connectivity index (χ4n) is 2.76. The molecule has 1 heterocycles. The largest absolute Gasteiger partial charge is 0.508 e. The summed E-state index contributed by atoms with van der Waals surface area (Å²) >= 11 is 0. The Kier molecular flexibility index (Phi) is 6.19. The summed E-state index contributed by atoms with van der Waals surface area (Å²) in [6, 6.07) is 0.954. The predicted molar refractivity (Wildman–Crippen MR) is 94.3 cm³/mol. The average Bonchev–Trinajstić information content (AvgIpc) is 2.51. The van der Waals surface area contributed by atoms with Crippen LogP contribution in [0.5, 0.6) is 5.75 Å². The maximum Gasteiger partial charge on any atom is 0.416 e. The van der Waals surface area contributed by atoms with E-state index >= 15 is 0 Å². The molecular formula is C17H23F3N2O5S. The molecule has 1 aromatic rings. The number of hydrogen-bond acceptors (Lipinski definition) is 5. The lowest BCUT2D eigenvalue weighted by Gasteiger charge is -2.34. The molecule has 0 spiro atoms. The van der Waals surface area contributed by atoms with Crippen LogP contribution in [0.3, 0.4) is 0 Å². The Labute approximate surface area is 161 Å². The first-order valence-electron chi connectivity index (χ1n) is 8.59. The molecule has 7 nitrogen and oxygen atoms in total. The van der Waals surface area contributed by atoms with E-state index in [9.17, 15) is 31.5 Å². The number of sulfonamides is 1. The molecule has 0 radical (unpaired) electrons. The number of phenolic OH excluding ortho intramolecular Hbond substituents is 1. The van der Waals surface area contributed by atoms with Crippen molar-refractivity contribution in [1.82, 2.24) is 9.62 Å². The van der Waals surface area contributed by atoms with E-state index in [2.05, 4.69) is 4.72 Å². The molecule has 2 rings (SSSR count). The topological polar surface area (TPSA) is 95.9 Å². The average molecular weight is 424 g/mol. The summed E-state index contributed by atoms with van der Waals surface area (Å²) in [7, 11) is -4.34. The first kappa shape index (κ1) is 22.3. The van der Waals surface area contributed by atoms with Crippen LogP contribution in [-0.4, -0.2) is 49.2 Å². The van der Waals surface area contributed by atoms with Crippen molar-refractivity contribution in [1.29, 1.82) is 0 Å². The van der Waals surface area contributed by atoms with Gasteiger partial charge in [-0.25, -0.2) is 17.9 Å². The van der Waals surface area contributed by atoms with Crippen molar-refractivity contribution in [2.45, 2.75) is 56.3 Å². The number of benzene rings is 1. The van der Waals surface area contributed by atoms with Gasteiger partial charge in [-0.3, -0.25) is 0 Å². The highest BCUT2D eigenvalue weighted by atomic mass is 32.2. The molecule has 1 saturated heterocycles. The van der Waals surface area contributed by atoms with Crippen molar-refractivity contribution in [2.24, 2.45) is 0 Å². The van der Waals surface area contributed by atoms with E-state index < -0.39 is 50.1 Å². The minimum absolute atomic E-state index is 0.0269. The molecule has 1 amide bonds. The number of nitrogens with one attached hydrogen (secondary N) is 1. The molecule has 28 heavy (non-hydrogen) atoms. The van der Waals surface area contributed by atoms with E-state index in [0.29, 0.717) is 31.5 Å². The summed E-state index contributed by atoms with van der Waals surface area (Å²) in [4.78, 5) is 12.8. The molecule has 0 aromatic heterocycles. The van der Waals surface area contributed by atoms with Gasteiger partial charge < -0.3 is 14.7 Å². The summed E-state index contributed by atoms with van der Waals surface area (Å²) in [5, 5.41) is 9.49. The maximum atomic E-state index is 12.9. The molecule has 0 aliphatic carbocycles. The van der Waals surface area contributed by atoms with E-state index in [4.69, 9.17) is 4.74 Å². The van der Waals surface area contributed by atoms with Gasteiger partial charge in [0, 0.05) is 19.1 Å². The number of hydrogen-bond donors (Lipinski definition) is 2. The summed E-state index contributed by atoms with van der Waals surface area (Å²) < 4.78 is 71.3. The molecule has 1 aliphatic heterocycles. The van der Waals surface area contributed by atoms with Crippen molar-refractivity contribution in [3.05, 3.63) is 23.8 Å². The summed E-state index contributed by atoms with van der Waals surface area (Å²) in [5.41, 5.74) is -1.98. The fourth-order valence-corrected chi connectivity index (χ4v) is 4.08. The van der Waals surface area contributed by atoms with Crippen LogP contribution in [0, 0.1) is 0 Å². The van der Waals surface area contributed by atoms with E-state index in [1.54, 1.807) is 20.8 Å². The first-order valence-corrected chi connectivity index (χ1v) is 10.1. The highest BCUT2D eigenvalue weighted by molar-refractivity contribution is 7.89. The minimum Gasteiger partial charge on any atom is -0.508 e. The van der Waals surface area contributed by atoms with Crippen LogP contribution in [0.2, 0.25) is 0 Å². The Morgan fingerprint density at radius 1 is 1.25 bits per heavy atom. The van der Waals surface area contributed by atoms with E-state index in [0.717, 1.165) is 6.07 Å². The second-order valence-corrected chi connectivity index (χ2v) is 9.31. The second kappa shape index (κ2) is 7.78. The number of amides is 1. The number of phenols is 1. The van der Waals surface area contributed by atoms with Crippen molar-refractivity contribution < 1.29 is 36.2 Å². The molecule has 0 saturated carbocycles. The molecule has 1 aliphatic rings. The zero-order valence-electron chi connectivity index (χ0n) is 15.7. The number of halogens is 3. The lowest BCUT2D eigenvalue weighted by molar-refractivity contribution is -0.137. The normalized spacial score (nSPS) is 18.8. The first-order chi connectivity index (χ1) is 12.7. The van der Waals surface area contributed by atoms with Crippen LogP contribution in [-0.2, 0) is 20.9 Å². The van der Waals surface area contributed by atoms with Gasteiger partial charge in [-0.15, -0.1) is 0 Å². The number of piperidine rings is 1. The molecule has 0 unspecified atom stereocenters. The summed E-state index contributed by atoms with van der Waals surface area (Å²) in [5.74, 6) is -0.811. The van der Waals surface area contributed by atoms with Gasteiger partial charge in [0.05, 0.1) is 10.5 Å². The van der Waals surface area contributed by atoms with Crippen LogP contribution in [0.15, 0.2) is 23.1 Å². The molecule has 11 heteroatoms. The molecule has 2 N–H and O–H groups in total. The third kappa shape index (κ3) is 5.99. The fraction of sp³-hybridized carbons (Fsp3) is 0.588. The van der Waals surface area contributed by atoms with E-state index in [1.807, 2.05) is 0 Å². The molecule has 1 fully saturated rings. The van der Waals surface area contributed by atoms with Gasteiger partial charge in [0.25, 0.3) is 0 Å². The Bertz CT molecular complexity index is 834. The molecule has 1 atom stereocenters. The van der Waals surface area contributed by atoms with Crippen LogP contribution >= 0.6 is 0 Å². The number of carbonyl (C=O) groups excluding carboxylic acids is 1. The Morgan fingerprint density at radius 2 is 1.89 bits per heavy atom. The van der Waals surface area contributed by atoms with Gasteiger partial charge in [0.15, 0.2) is 0 Å².